The van der Waals surface area contributed by atoms with Gasteiger partial charge in [-0.3, -0.25) is 0 Å². The first-order valence-corrected chi connectivity index (χ1v) is 7.97. The third kappa shape index (κ3) is 3.45. The summed E-state index contributed by atoms with van der Waals surface area (Å²) in [6.07, 6.45) is 0.945. The first kappa shape index (κ1) is 13.8. The maximum absolute atomic E-state index is 12.1. The fourth-order valence-electron chi connectivity index (χ4n) is 2.07. The smallest absolute Gasteiger partial charge is 0.179 e. The van der Waals surface area contributed by atoms with Crippen molar-refractivity contribution in [2.75, 3.05) is 25.4 Å². The monoisotopic (exact) mass is 288 g/mol. The van der Waals surface area contributed by atoms with Crippen LogP contribution in [0.5, 0.6) is 0 Å². The summed E-state index contributed by atoms with van der Waals surface area (Å²) in [6, 6.07) is 6.48. The number of hydrogen-bond acceptors (Lipinski definition) is 4. The molecule has 1 aliphatic heterocycles. The fourth-order valence-corrected chi connectivity index (χ4v) is 3.49. The first-order chi connectivity index (χ1) is 8.47. The molecule has 0 amide bonds. The van der Waals surface area contributed by atoms with Crippen LogP contribution in [-0.4, -0.2) is 44.7 Å². The molecule has 6 heteroatoms. The van der Waals surface area contributed by atoms with Crippen molar-refractivity contribution in [2.45, 2.75) is 17.4 Å². The molecule has 1 saturated heterocycles. The summed E-state index contributed by atoms with van der Waals surface area (Å²) in [7, 11) is -3.22. The molecular formula is C12H17ClN2O2S. The van der Waals surface area contributed by atoms with Gasteiger partial charge in [0.05, 0.1) is 10.6 Å². The molecule has 0 aromatic heterocycles. The fraction of sp³-hybridized carbons (Fsp3) is 0.500. The summed E-state index contributed by atoms with van der Waals surface area (Å²) in [5.41, 5.74) is 5.79. The highest BCUT2D eigenvalue weighted by Crippen LogP contribution is 2.16. The topological polar surface area (TPSA) is 63.4 Å². The maximum atomic E-state index is 12.1. The normalized spacial score (nSPS) is 21.3. The Morgan fingerprint density at radius 3 is 2.56 bits per heavy atom. The van der Waals surface area contributed by atoms with E-state index < -0.39 is 9.84 Å². The molecule has 0 aliphatic carbocycles. The summed E-state index contributed by atoms with van der Waals surface area (Å²) >= 11 is 5.74. The van der Waals surface area contributed by atoms with Gasteiger partial charge in [0, 0.05) is 24.2 Å². The summed E-state index contributed by atoms with van der Waals surface area (Å²) in [4.78, 5) is 2.42. The summed E-state index contributed by atoms with van der Waals surface area (Å²) in [5, 5.41) is 0.541. The van der Waals surface area contributed by atoms with Crippen LogP contribution in [0, 0.1) is 0 Å². The first-order valence-electron chi connectivity index (χ1n) is 5.93. The third-order valence-corrected chi connectivity index (χ3v) is 5.12. The zero-order valence-corrected chi connectivity index (χ0v) is 11.6. The van der Waals surface area contributed by atoms with E-state index in [1.165, 1.54) is 0 Å². The zero-order valence-electron chi connectivity index (χ0n) is 10.0. The largest absolute Gasteiger partial charge is 0.326 e. The Morgan fingerprint density at radius 1 is 1.33 bits per heavy atom. The minimum atomic E-state index is -3.22. The molecule has 0 spiro atoms. The van der Waals surface area contributed by atoms with Crippen molar-refractivity contribution in [1.82, 2.24) is 4.90 Å². The molecule has 1 atom stereocenters. The lowest BCUT2D eigenvalue weighted by Crippen LogP contribution is -2.30. The van der Waals surface area contributed by atoms with Gasteiger partial charge in [0.25, 0.3) is 0 Å². The van der Waals surface area contributed by atoms with Gasteiger partial charge in [-0.25, -0.2) is 8.42 Å². The van der Waals surface area contributed by atoms with Crippen LogP contribution in [0.2, 0.25) is 5.02 Å². The maximum Gasteiger partial charge on any atom is 0.179 e. The van der Waals surface area contributed by atoms with Crippen LogP contribution in [0.25, 0.3) is 0 Å². The molecule has 1 fully saturated rings. The lowest BCUT2D eigenvalue weighted by atomic mass is 10.3. The molecule has 100 valence electrons. The molecule has 0 unspecified atom stereocenters. The number of rotatable bonds is 4. The van der Waals surface area contributed by atoms with Gasteiger partial charge in [-0.15, -0.1) is 0 Å². The standard InChI is InChI=1S/C12H17ClN2O2S/c13-10-1-3-12(4-2-10)18(16,17)8-7-15-6-5-11(14)9-15/h1-4,11H,5-9,14H2/t11-/m0/s1. The second-order valence-corrected chi connectivity index (χ2v) is 7.17. The van der Waals surface area contributed by atoms with Crippen LogP contribution in [0.4, 0.5) is 0 Å². The molecule has 18 heavy (non-hydrogen) atoms. The van der Waals surface area contributed by atoms with Gasteiger partial charge in [-0.2, -0.15) is 0 Å². The molecular weight excluding hydrogens is 272 g/mol. The van der Waals surface area contributed by atoms with E-state index in [9.17, 15) is 8.42 Å². The van der Waals surface area contributed by atoms with Crippen molar-refractivity contribution >= 4 is 21.4 Å². The highest BCUT2D eigenvalue weighted by molar-refractivity contribution is 7.91. The van der Waals surface area contributed by atoms with Crippen LogP contribution >= 0.6 is 11.6 Å². The van der Waals surface area contributed by atoms with Gasteiger partial charge < -0.3 is 10.6 Å². The predicted molar refractivity (Wildman–Crippen MR) is 72.5 cm³/mol. The van der Waals surface area contributed by atoms with Crippen LogP contribution in [0.15, 0.2) is 29.2 Å². The van der Waals surface area contributed by atoms with E-state index in [-0.39, 0.29) is 11.8 Å². The van der Waals surface area contributed by atoms with E-state index in [1.807, 2.05) is 0 Å². The minimum absolute atomic E-state index is 0.126. The highest BCUT2D eigenvalue weighted by atomic mass is 35.5. The average molecular weight is 289 g/mol. The molecule has 1 aliphatic rings. The van der Waals surface area contributed by atoms with Crippen LogP contribution in [0.1, 0.15) is 6.42 Å². The van der Waals surface area contributed by atoms with E-state index in [0.717, 1.165) is 19.5 Å². The Kier molecular flexibility index (Phi) is 4.27. The van der Waals surface area contributed by atoms with E-state index in [0.29, 0.717) is 16.5 Å². The number of sulfone groups is 1. The average Bonchev–Trinajstić information content (AvgIpc) is 2.73. The second kappa shape index (κ2) is 5.57. The Balaban J connectivity index is 1.97. The molecule has 1 aromatic carbocycles. The summed E-state index contributed by atoms with van der Waals surface area (Å²) in [5.74, 6) is 0.126. The third-order valence-electron chi connectivity index (χ3n) is 3.16. The number of nitrogens with two attached hydrogens (primary N) is 1. The van der Waals surface area contributed by atoms with Crippen LogP contribution < -0.4 is 5.73 Å². The van der Waals surface area contributed by atoms with E-state index in [4.69, 9.17) is 17.3 Å². The van der Waals surface area contributed by atoms with E-state index >= 15 is 0 Å². The van der Waals surface area contributed by atoms with Gasteiger partial charge in [0.1, 0.15) is 0 Å². The Hall–Kier alpha value is -0.620. The van der Waals surface area contributed by atoms with Gasteiger partial charge >= 0.3 is 0 Å². The number of nitrogens with zero attached hydrogens (tertiary/aromatic N) is 1. The highest BCUT2D eigenvalue weighted by Gasteiger charge is 2.21. The quantitative estimate of drug-likeness (QED) is 0.903. The molecule has 1 heterocycles. The number of benzene rings is 1. The van der Waals surface area contributed by atoms with E-state index in [1.54, 1.807) is 24.3 Å². The molecule has 0 saturated carbocycles. The van der Waals surface area contributed by atoms with Crippen molar-refractivity contribution in [1.29, 1.82) is 0 Å². The SMILES string of the molecule is N[C@H]1CCN(CCS(=O)(=O)c2ccc(Cl)cc2)C1. The Labute approximate surface area is 113 Å². The minimum Gasteiger partial charge on any atom is -0.326 e. The van der Waals surface area contributed by atoms with Gasteiger partial charge in [0.15, 0.2) is 9.84 Å². The van der Waals surface area contributed by atoms with Crippen molar-refractivity contribution in [3.63, 3.8) is 0 Å². The molecule has 4 nitrogen and oxygen atoms in total. The van der Waals surface area contributed by atoms with Gasteiger partial charge in [0.2, 0.25) is 0 Å². The molecule has 1 aromatic rings. The van der Waals surface area contributed by atoms with Crippen molar-refractivity contribution in [3.8, 4) is 0 Å². The molecule has 2 N–H and O–H groups in total. The lowest BCUT2D eigenvalue weighted by molar-refractivity contribution is 0.354. The molecule has 0 bridgehead atoms. The summed E-state index contributed by atoms with van der Waals surface area (Å²) < 4.78 is 24.2. The van der Waals surface area contributed by atoms with Crippen molar-refractivity contribution in [2.24, 2.45) is 5.73 Å². The van der Waals surface area contributed by atoms with Gasteiger partial charge in [-0.05, 0) is 37.2 Å². The summed E-state index contributed by atoms with van der Waals surface area (Å²) in [6.45, 7) is 2.21. The van der Waals surface area contributed by atoms with Crippen LogP contribution in [-0.2, 0) is 9.84 Å². The predicted octanol–water partition coefficient (Wildman–Crippen LogP) is 1.15. The van der Waals surface area contributed by atoms with Crippen molar-refractivity contribution in [3.05, 3.63) is 29.3 Å². The number of halogens is 1. The van der Waals surface area contributed by atoms with Crippen LogP contribution in [0.3, 0.4) is 0 Å². The lowest BCUT2D eigenvalue weighted by Gasteiger charge is -2.14. The Morgan fingerprint density at radius 2 is 2.00 bits per heavy atom. The zero-order chi connectivity index (χ0) is 13.2. The molecule has 2 rings (SSSR count). The van der Waals surface area contributed by atoms with E-state index in [2.05, 4.69) is 4.90 Å². The van der Waals surface area contributed by atoms with Crippen molar-refractivity contribution < 1.29 is 8.42 Å². The molecule has 0 radical (unpaired) electrons. The Bertz CT molecular complexity index is 501. The van der Waals surface area contributed by atoms with Gasteiger partial charge in [-0.1, -0.05) is 11.6 Å². The second-order valence-electron chi connectivity index (χ2n) is 4.62. The number of likely N-dealkylation sites (tertiary alicyclic amines) is 1. The number of hydrogen-bond donors (Lipinski definition) is 1.